The van der Waals surface area contributed by atoms with E-state index in [4.69, 9.17) is 0 Å². The molecule has 0 radical (unpaired) electrons. The fourth-order valence-electron chi connectivity index (χ4n) is 1.52. The Morgan fingerprint density at radius 2 is 2.33 bits per heavy atom. The van der Waals surface area contributed by atoms with Gasteiger partial charge in [-0.05, 0) is 42.5 Å². The van der Waals surface area contributed by atoms with Crippen LogP contribution < -0.4 is 5.32 Å². The second-order valence-corrected chi connectivity index (χ2v) is 6.37. The van der Waals surface area contributed by atoms with Gasteiger partial charge in [0, 0.05) is 11.0 Å². The van der Waals surface area contributed by atoms with Crippen molar-refractivity contribution < 1.29 is 9.18 Å². The minimum Gasteiger partial charge on any atom is -0.323 e. The SMILES string of the molecule is CCn1nnnc1S[C@H](C)C(=O)Nc1ccc(Br)cc1F. The summed E-state index contributed by atoms with van der Waals surface area (Å²) in [5.41, 5.74) is 0.144. The number of nitrogens with zero attached hydrogens (tertiary/aromatic N) is 4. The van der Waals surface area contributed by atoms with Crippen LogP contribution in [-0.2, 0) is 11.3 Å². The van der Waals surface area contributed by atoms with Crippen molar-refractivity contribution in [2.45, 2.75) is 30.8 Å². The third-order valence-electron chi connectivity index (χ3n) is 2.64. The molecule has 1 aromatic heterocycles. The lowest BCUT2D eigenvalue weighted by Gasteiger charge is -2.12. The molecule has 9 heteroatoms. The normalized spacial score (nSPS) is 12.2. The maximum Gasteiger partial charge on any atom is 0.237 e. The van der Waals surface area contributed by atoms with E-state index < -0.39 is 11.1 Å². The van der Waals surface area contributed by atoms with E-state index in [1.807, 2.05) is 6.92 Å². The summed E-state index contributed by atoms with van der Waals surface area (Å²) in [4.78, 5) is 12.1. The summed E-state index contributed by atoms with van der Waals surface area (Å²) >= 11 is 4.39. The number of aryl methyl sites for hydroxylation is 1. The number of nitrogens with one attached hydrogen (secondary N) is 1. The summed E-state index contributed by atoms with van der Waals surface area (Å²) in [6.07, 6.45) is 0. The molecule has 0 fully saturated rings. The Morgan fingerprint density at radius 3 is 3.00 bits per heavy atom. The highest BCUT2D eigenvalue weighted by atomic mass is 79.9. The molecule has 0 saturated heterocycles. The topological polar surface area (TPSA) is 72.7 Å². The second kappa shape index (κ2) is 6.99. The zero-order valence-electron chi connectivity index (χ0n) is 11.4. The molecule has 0 aliphatic heterocycles. The van der Waals surface area contributed by atoms with Gasteiger partial charge in [0.05, 0.1) is 10.9 Å². The number of rotatable bonds is 5. The zero-order valence-corrected chi connectivity index (χ0v) is 13.8. The van der Waals surface area contributed by atoms with E-state index in [-0.39, 0.29) is 11.6 Å². The van der Waals surface area contributed by atoms with Crippen molar-refractivity contribution in [3.8, 4) is 0 Å². The Hall–Kier alpha value is -1.48. The van der Waals surface area contributed by atoms with Crippen molar-refractivity contribution in [3.05, 3.63) is 28.5 Å². The van der Waals surface area contributed by atoms with Gasteiger partial charge in [0.2, 0.25) is 11.1 Å². The highest BCUT2D eigenvalue weighted by Crippen LogP contribution is 2.23. The number of amides is 1. The van der Waals surface area contributed by atoms with Gasteiger partial charge in [0.1, 0.15) is 5.82 Å². The van der Waals surface area contributed by atoms with Crippen molar-refractivity contribution in [1.82, 2.24) is 20.2 Å². The van der Waals surface area contributed by atoms with Gasteiger partial charge in [-0.25, -0.2) is 9.07 Å². The van der Waals surface area contributed by atoms with Gasteiger partial charge < -0.3 is 5.32 Å². The first kappa shape index (κ1) is 15.9. The molecule has 112 valence electrons. The lowest BCUT2D eigenvalue weighted by Crippen LogP contribution is -2.23. The van der Waals surface area contributed by atoms with Gasteiger partial charge in [0.25, 0.3) is 0 Å². The standard InChI is InChI=1S/C12H13BrFN5OS/c1-3-19-12(16-17-18-19)21-7(2)11(20)15-10-5-4-8(13)6-9(10)14/h4-7H,3H2,1-2H3,(H,15,20)/t7-/m1/s1. The molecular weight excluding hydrogens is 361 g/mol. The van der Waals surface area contributed by atoms with Crippen LogP contribution >= 0.6 is 27.7 Å². The van der Waals surface area contributed by atoms with Gasteiger partial charge in [-0.2, -0.15) is 0 Å². The first-order chi connectivity index (χ1) is 10.0. The molecule has 0 saturated carbocycles. The van der Waals surface area contributed by atoms with Gasteiger partial charge in [-0.1, -0.05) is 27.7 Å². The number of aromatic nitrogens is 4. The van der Waals surface area contributed by atoms with Gasteiger partial charge in [0.15, 0.2) is 0 Å². The fourth-order valence-corrected chi connectivity index (χ4v) is 2.70. The molecular formula is C12H13BrFN5OS. The number of thioether (sulfide) groups is 1. The summed E-state index contributed by atoms with van der Waals surface area (Å²) < 4.78 is 15.9. The van der Waals surface area contributed by atoms with Crippen LogP contribution in [0.1, 0.15) is 13.8 Å². The minimum atomic E-state index is -0.492. The van der Waals surface area contributed by atoms with Crippen molar-refractivity contribution in [2.75, 3.05) is 5.32 Å². The number of benzene rings is 1. The number of hydrogen-bond acceptors (Lipinski definition) is 5. The molecule has 0 aliphatic rings. The van der Waals surface area contributed by atoms with E-state index in [1.54, 1.807) is 17.7 Å². The minimum absolute atomic E-state index is 0.144. The first-order valence-electron chi connectivity index (χ1n) is 6.20. The van der Waals surface area contributed by atoms with Crippen LogP contribution in [0.25, 0.3) is 0 Å². The number of tetrazole rings is 1. The van der Waals surface area contributed by atoms with E-state index >= 15 is 0 Å². The van der Waals surface area contributed by atoms with E-state index in [0.29, 0.717) is 16.2 Å². The molecule has 1 amide bonds. The van der Waals surface area contributed by atoms with Crippen molar-refractivity contribution in [2.24, 2.45) is 0 Å². The maximum absolute atomic E-state index is 13.7. The Kier molecular flexibility index (Phi) is 5.29. The number of hydrogen-bond donors (Lipinski definition) is 1. The molecule has 2 aromatic rings. The third-order valence-corrected chi connectivity index (χ3v) is 4.20. The third kappa shape index (κ3) is 4.01. The van der Waals surface area contributed by atoms with E-state index in [2.05, 4.69) is 36.8 Å². The zero-order chi connectivity index (χ0) is 15.4. The fraction of sp³-hybridized carbons (Fsp3) is 0.333. The lowest BCUT2D eigenvalue weighted by atomic mass is 10.3. The number of carbonyl (C=O) groups is 1. The lowest BCUT2D eigenvalue weighted by molar-refractivity contribution is -0.115. The van der Waals surface area contributed by atoms with Crippen molar-refractivity contribution in [1.29, 1.82) is 0 Å². The quantitative estimate of drug-likeness (QED) is 0.815. The predicted molar refractivity (Wildman–Crippen MR) is 81.5 cm³/mol. The average Bonchev–Trinajstić information content (AvgIpc) is 2.89. The molecule has 0 bridgehead atoms. The molecule has 1 N–H and O–H groups in total. The summed E-state index contributed by atoms with van der Waals surface area (Å²) in [6.45, 7) is 4.23. The molecule has 0 spiro atoms. The van der Waals surface area contributed by atoms with Crippen molar-refractivity contribution in [3.63, 3.8) is 0 Å². The Labute approximate surface area is 133 Å². The van der Waals surface area contributed by atoms with Crippen LogP contribution in [0.4, 0.5) is 10.1 Å². The number of carbonyl (C=O) groups excluding carboxylic acids is 1. The Bertz CT molecular complexity index is 650. The molecule has 1 aromatic carbocycles. The maximum atomic E-state index is 13.7. The second-order valence-electron chi connectivity index (χ2n) is 4.15. The van der Waals surface area contributed by atoms with Crippen LogP contribution in [0.15, 0.2) is 27.8 Å². The van der Waals surface area contributed by atoms with Gasteiger partial charge in [-0.3, -0.25) is 4.79 Å². The Balaban J connectivity index is 2.02. The van der Waals surface area contributed by atoms with E-state index in [9.17, 15) is 9.18 Å². The van der Waals surface area contributed by atoms with Crippen LogP contribution in [0, 0.1) is 5.82 Å². The molecule has 1 heterocycles. The predicted octanol–water partition coefficient (Wildman–Crippen LogP) is 2.71. The molecule has 2 rings (SSSR count). The highest BCUT2D eigenvalue weighted by Gasteiger charge is 2.19. The summed E-state index contributed by atoms with van der Waals surface area (Å²) in [6, 6.07) is 4.46. The van der Waals surface area contributed by atoms with Gasteiger partial charge in [-0.15, -0.1) is 5.10 Å². The number of halogens is 2. The average molecular weight is 374 g/mol. The highest BCUT2D eigenvalue weighted by molar-refractivity contribution is 9.10. The first-order valence-corrected chi connectivity index (χ1v) is 7.87. The summed E-state index contributed by atoms with van der Waals surface area (Å²) in [5.74, 6) is -0.805. The van der Waals surface area contributed by atoms with Crippen molar-refractivity contribution >= 4 is 39.3 Å². The molecule has 1 atom stereocenters. The Morgan fingerprint density at radius 1 is 1.57 bits per heavy atom. The molecule has 0 aliphatic carbocycles. The van der Waals surface area contributed by atoms with E-state index in [1.165, 1.54) is 23.9 Å². The van der Waals surface area contributed by atoms with Crippen LogP contribution in [0.5, 0.6) is 0 Å². The number of anilines is 1. The smallest absolute Gasteiger partial charge is 0.237 e. The van der Waals surface area contributed by atoms with Gasteiger partial charge >= 0.3 is 0 Å². The van der Waals surface area contributed by atoms with Crippen LogP contribution in [0.2, 0.25) is 0 Å². The summed E-state index contributed by atoms with van der Waals surface area (Å²) in [7, 11) is 0. The largest absolute Gasteiger partial charge is 0.323 e. The summed E-state index contributed by atoms with van der Waals surface area (Å²) in [5, 5.41) is 13.9. The molecule has 0 unspecified atom stereocenters. The van der Waals surface area contributed by atoms with E-state index in [0.717, 1.165) is 0 Å². The molecule has 6 nitrogen and oxygen atoms in total. The molecule has 21 heavy (non-hydrogen) atoms. The van der Waals surface area contributed by atoms with Crippen LogP contribution in [-0.4, -0.2) is 31.4 Å². The monoisotopic (exact) mass is 373 g/mol. The van der Waals surface area contributed by atoms with Crippen LogP contribution in [0.3, 0.4) is 0 Å².